The van der Waals surface area contributed by atoms with Crippen molar-refractivity contribution in [3.05, 3.63) is 29.8 Å². The summed E-state index contributed by atoms with van der Waals surface area (Å²) in [5.74, 6) is -4.94. The van der Waals surface area contributed by atoms with Gasteiger partial charge in [-0.3, -0.25) is 14.4 Å². The molecule has 0 radical (unpaired) electrons. The smallest absolute Gasteiger partial charge is 0.316 e. The van der Waals surface area contributed by atoms with Gasteiger partial charge in [0.25, 0.3) is 0 Å². The lowest BCUT2D eigenvalue weighted by Gasteiger charge is -2.43. The van der Waals surface area contributed by atoms with Gasteiger partial charge < -0.3 is 19.5 Å². The predicted octanol–water partition coefficient (Wildman–Crippen LogP) is 1.92. The number of hydrogen-bond acceptors (Lipinski definition) is 7. The third-order valence-corrected chi connectivity index (χ3v) is 5.58. The average molecular weight is 391 g/mol. The number of ether oxygens (including phenoxy) is 2. The molecule has 1 N–H and O–H groups in total. The molecule has 0 saturated heterocycles. The number of hydrogen-bond donors (Lipinski definition) is 1. The van der Waals surface area contributed by atoms with Crippen LogP contribution in [0.3, 0.4) is 0 Å². The maximum Gasteiger partial charge on any atom is 0.316 e. The fourth-order valence-electron chi connectivity index (χ4n) is 4.17. The van der Waals surface area contributed by atoms with Crippen molar-refractivity contribution < 1.29 is 29.0 Å². The fraction of sp³-hybridized carbons (Fsp3) is 0.571. The quantitative estimate of drug-likeness (QED) is 0.585. The van der Waals surface area contributed by atoms with Crippen LogP contribution in [0.25, 0.3) is 0 Å². The number of carbonyl (C=O) groups is 3. The normalized spacial score (nSPS) is 27.2. The highest BCUT2D eigenvalue weighted by Crippen LogP contribution is 2.46. The summed E-state index contributed by atoms with van der Waals surface area (Å²) in [7, 11) is 2.43. The lowest BCUT2D eigenvalue weighted by atomic mass is 9.61. The van der Waals surface area contributed by atoms with E-state index in [9.17, 15) is 19.5 Å². The van der Waals surface area contributed by atoms with Gasteiger partial charge in [0.05, 0.1) is 25.7 Å². The van der Waals surface area contributed by atoms with Crippen LogP contribution in [0.4, 0.5) is 5.69 Å². The van der Waals surface area contributed by atoms with Crippen LogP contribution < -0.4 is 4.90 Å². The maximum absolute atomic E-state index is 12.7. The third-order valence-electron chi connectivity index (χ3n) is 5.58. The van der Waals surface area contributed by atoms with Gasteiger partial charge in [-0.2, -0.15) is 0 Å². The van der Waals surface area contributed by atoms with E-state index >= 15 is 0 Å². The summed E-state index contributed by atoms with van der Waals surface area (Å²) in [6.07, 6.45) is -0.319. The highest BCUT2D eigenvalue weighted by atomic mass is 16.5. The van der Waals surface area contributed by atoms with Crippen LogP contribution in [0.2, 0.25) is 0 Å². The molecule has 28 heavy (non-hydrogen) atoms. The van der Waals surface area contributed by atoms with Crippen LogP contribution in [0.15, 0.2) is 24.3 Å². The minimum Gasteiger partial charge on any atom is -0.469 e. The number of nitrogens with zero attached hydrogens (tertiary/aromatic N) is 1. The Morgan fingerprint density at radius 3 is 2.11 bits per heavy atom. The highest BCUT2D eigenvalue weighted by Gasteiger charge is 2.56. The van der Waals surface area contributed by atoms with Gasteiger partial charge in [0, 0.05) is 31.1 Å². The van der Waals surface area contributed by atoms with Gasteiger partial charge in [-0.05, 0) is 38.5 Å². The van der Waals surface area contributed by atoms with E-state index in [0.29, 0.717) is 5.56 Å². The molecule has 0 amide bonds. The first kappa shape index (κ1) is 21.9. The van der Waals surface area contributed by atoms with Crippen LogP contribution in [-0.2, 0) is 23.9 Å². The monoisotopic (exact) mass is 391 g/mol. The van der Waals surface area contributed by atoms with Gasteiger partial charge in [-0.15, -0.1) is 0 Å². The number of ketones is 1. The molecule has 0 aromatic heterocycles. The number of methoxy groups -OCH3 is 2. The molecule has 7 nitrogen and oxygen atoms in total. The number of Topliss-reactive ketones (excluding diaryl/α,β-unsaturated/α-hetero) is 1. The molecular weight excluding hydrogens is 362 g/mol. The zero-order chi connectivity index (χ0) is 21.1. The molecule has 7 heteroatoms. The van der Waals surface area contributed by atoms with Crippen LogP contribution in [0, 0.1) is 11.8 Å². The van der Waals surface area contributed by atoms with Crippen molar-refractivity contribution >= 4 is 23.4 Å². The molecule has 0 bridgehead atoms. The van der Waals surface area contributed by atoms with Gasteiger partial charge >= 0.3 is 11.9 Å². The molecule has 1 aromatic carbocycles. The minimum atomic E-state index is -1.63. The molecule has 154 valence electrons. The Morgan fingerprint density at radius 1 is 1.11 bits per heavy atom. The van der Waals surface area contributed by atoms with Crippen LogP contribution in [0.5, 0.6) is 0 Å². The summed E-state index contributed by atoms with van der Waals surface area (Å²) in [5, 5.41) is 10.8. The second-order valence-corrected chi connectivity index (χ2v) is 7.29. The van der Waals surface area contributed by atoms with Crippen molar-refractivity contribution in [2.45, 2.75) is 38.7 Å². The van der Waals surface area contributed by atoms with Crippen molar-refractivity contribution in [3.63, 3.8) is 0 Å². The summed E-state index contributed by atoms with van der Waals surface area (Å²) in [6, 6.07) is 7.36. The molecule has 2 rings (SSSR count). The molecule has 0 unspecified atom stereocenters. The summed E-state index contributed by atoms with van der Waals surface area (Å²) in [6.45, 7) is 7.20. The number of carbonyl (C=O) groups excluding carboxylic acids is 3. The second-order valence-electron chi connectivity index (χ2n) is 7.29. The van der Waals surface area contributed by atoms with Gasteiger partial charge in [-0.1, -0.05) is 12.1 Å². The molecule has 0 spiro atoms. The van der Waals surface area contributed by atoms with Gasteiger partial charge in [-0.25, -0.2) is 0 Å². The van der Waals surface area contributed by atoms with Gasteiger partial charge in [0.2, 0.25) is 0 Å². The Bertz CT molecular complexity index is 723. The Morgan fingerprint density at radius 2 is 1.64 bits per heavy atom. The molecule has 1 aliphatic carbocycles. The predicted molar refractivity (Wildman–Crippen MR) is 104 cm³/mol. The van der Waals surface area contributed by atoms with Crippen molar-refractivity contribution in [1.82, 2.24) is 0 Å². The summed E-state index contributed by atoms with van der Waals surface area (Å²) >= 11 is 0. The largest absolute Gasteiger partial charge is 0.469 e. The van der Waals surface area contributed by atoms with Crippen LogP contribution >= 0.6 is 0 Å². The number of benzene rings is 1. The van der Waals surface area contributed by atoms with Gasteiger partial charge in [0.15, 0.2) is 5.78 Å². The van der Waals surface area contributed by atoms with Crippen molar-refractivity contribution in [2.24, 2.45) is 11.8 Å². The Labute approximate surface area is 165 Å². The van der Waals surface area contributed by atoms with Crippen molar-refractivity contribution in [1.29, 1.82) is 0 Å². The van der Waals surface area contributed by atoms with E-state index in [0.717, 1.165) is 18.8 Å². The van der Waals surface area contributed by atoms with E-state index in [2.05, 4.69) is 18.7 Å². The zero-order valence-corrected chi connectivity index (χ0v) is 17.1. The average Bonchev–Trinajstić information content (AvgIpc) is 2.67. The lowest BCUT2D eigenvalue weighted by molar-refractivity contribution is -0.170. The zero-order valence-electron chi connectivity index (χ0n) is 17.1. The Hall–Kier alpha value is -2.41. The van der Waals surface area contributed by atoms with E-state index in [4.69, 9.17) is 9.47 Å². The van der Waals surface area contributed by atoms with E-state index < -0.39 is 41.1 Å². The third kappa shape index (κ3) is 4.04. The molecule has 1 aromatic rings. The minimum absolute atomic E-state index is 0.319. The molecule has 1 saturated carbocycles. The topological polar surface area (TPSA) is 93.1 Å². The Balaban J connectivity index is 2.57. The van der Waals surface area contributed by atoms with Gasteiger partial charge in [0.1, 0.15) is 5.92 Å². The van der Waals surface area contributed by atoms with Crippen LogP contribution in [0.1, 0.15) is 38.7 Å². The summed E-state index contributed by atoms with van der Waals surface area (Å²) in [5.41, 5.74) is -0.0291. The van der Waals surface area contributed by atoms with Crippen molar-refractivity contribution in [2.75, 3.05) is 32.2 Å². The van der Waals surface area contributed by atoms with E-state index in [-0.39, 0.29) is 6.42 Å². The number of anilines is 1. The first-order valence-corrected chi connectivity index (χ1v) is 9.47. The number of esters is 2. The number of rotatable bonds is 6. The summed E-state index contributed by atoms with van der Waals surface area (Å²) < 4.78 is 9.74. The van der Waals surface area contributed by atoms with Crippen molar-refractivity contribution in [3.8, 4) is 0 Å². The molecular formula is C21H29NO6. The summed E-state index contributed by atoms with van der Waals surface area (Å²) in [4.78, 5) is 39.8. The standard InChI is InChI=1S/C21H29NO6/c1-6-22(7-2)14-10-8-13(9-11-14)16-17(19(24)27-4)15(23)12-21(3,26)18(16)20(25)28-5/h8-11,16-18,26H,6-7,12H2,1-5H3/t16-,17+,18+,21+/m1/s1. The molecule has 1 aliphatic rings. The maximum atomic E-state index is 12.7. The Kier molecular flexibility index (Phi) is 6.82. The van der Waals surface area contributed by atoms with E-state index in [1.807, 2.05) is 12.1 Å². The lowest BCUT2D eigenvalue weighted by Crippen LogP contribution is -2.55. The van der Waals surface area contributed by atoms with Crippen LogP contribution in [-0.4, -0.2) is 55.7 Å². The fourth-order valence-corrected chi connectivity index (χ4v) is 4.17. The first-order chi connectivity index (χ1) is 13.2. The van der Waals surface area contributed by atoms with E-state index in [1.165, 1.54) is 21.1 Å². The molecule has 1 fully saturated rings. The highest BCUT2D eigenvalue weighted by molar-refractivity contribution is 6.02. The molecule has 0 aliphatic heterocycles. The molecule has 4 atom stereocenters. The second kappa shape index (κ2) is 8.73. The first-order valence-electron chi connectivity index (χ1n) is 9.47. The SMILES string of the molecule is CCN(CC)c1ccc([C@@H]2[C@@H](C(=O)OC)C(=O)C[C@](C)(O)[C@@H]2C(=O)OC)cc1. The van der Waals surface area contributed by atoms with E-state index in [1.54, 1.807) is 12.1 Å². The number of aliphatic hydroxyl groups is 1. The molecule has 0 heterocycles.